The Morgan fingerprint density at radius 1 is 1.26 bits per heavy atom. The summed E-state index contributed by atoms with van der Waals surface area (Å²) in [6.07, 6.45) is 5.41. The zero-order valence-corrected chi connectivity index (χ0v) is 13.3. The van der Waals surface area contributed by atoms with Crippen molar-refractivity contribution in [2.45, 2.75) is 26.3 Å². The third-order valence-electron chi connectivity index (χ3n) is 4.19. The molecule has 0 amide bonds. The maximum atomic E-state index is 12.7. The molecule has 0 spiro atoms. The molecule has 0 radical (unpaired) electrons. The molecule has 3 aromatic rings. The SMILES string of the molecule is Cc1cc(-n2ccn3c(=O)n(CC4CC4)nc3c2=O)ccc1Cl. The van der Waals surface area contributed by atoms with Crippen LogP contribution < -0.4 is 11.2 Å². The van der Waals surface area contributed by atoms with Crippen LogP contribution in [-0.2, 0) is 6.54 Å². The Labute approximate surface area is 136 Å². The first-order chi connectivity index (χ1) is 11.0. The minimum atomic E-state index is -0.319. The summed E-state index contributed by atoms with van der Waals surface area (Å²) in [5.41, 5.74) is 1.14. The molecule has 0 N–H and O–H groups in total. The van der Waals surface area contributed by atoms with Crippen molar-refractivity contribution in [2.24, 2.45) is 5.92 Å². The van der Waals surface area contributed by atoms with Gasteiger partial charge in [0.05, 0.1) is 0 Å². The molecule has 2 heterocycles. The van der Waals surface area contributed by atoms with Crippen molar-refractivity contribution in [3.05, 3.63) is 62.0 Å². The summed E-state index contributed by atoms with van der Waals surface area (Å²) in [5.74, 6) is 0.513. The average molecular weight is 331 g/mol. The molecule has 2 aromatic heterocycles. The molecule has 118 valence electrons. The van der Waals surface area contributed by atoms with E-state index in [-0.39, 0.29) is 16.9 Å². The van der Waals surface area contributed by atoms with Crippen LogP contribution >= 0.6 is 11.6 Å². The van der Waals surface area contributed by atoms with Crippen LogP contribution in [0.3, 0.4) is 0 Å². The fraction of sp³-hybridized carbons (Fsp3) is 0.312. The van der Waals surface area contributed by atoms with Crippen molar-refractivity contribution < 1.29 is 0 Å². The molecule has 23 heavy (non-hydrogen) atoms. The van der Waals surface area contributed by atoms with Crippen molar-refractivity contribution in [2.75, 3.05) is 0 Å². The van der Waals surface area contributed by atoms with E-state index in [0.717, 1.165) is 18.4 Å². The fourth-order valence-electron chi connectivity index (χ4n) is 2.66. The molecule has 7 heteroatoms. The zero-order chi connectivity index (χ0) is 16.1. The smallest absolute Gasteiger partial charge is 0.280 e. The van der Waals surface area contributed by atoms with Gasteiger partial charge in [-0.3, -0.25) is 9.36 Å². The molecule has 6 nitrogen and oxygen atoms in total. The molecular weight excluding hydrogens is 316 g/mol. The molecule has 4 rings (SSSR count). The van der Waals surface area contributed by atoms with Crippen molar-refractivity contribution in [1.29, 1.82) is 0 Å². The minimum Gasteiger partial charge on any atom is -0.280 e. The van der Waals surface area contributed by atoms with E-state index in [0.29, 0.717) is 23.2 Å². The first-order valence-electron chi connectivity index (χ1n) is 7.52. The van der Waals surface area contributed by atoms with Crippen LogP contribution in [0, 0.1) is 12.8 Å². The highest BCUT2D eigenvalue weighted by atomic mass is 35.5. The summed E-state index contributed by atoms with van der Waals surface area (Å²) in [7, 11) is 0. The number of hydrogen-bond acceptors (Lipinski definition) is 3. The molecule has 1 saturated carbocycles. The van der Waals surface area contributed by atoms with Gasteiger partial charge in [-0.2, -0.15) is 0 Å². The van der Waals surface area contributed by atoms with Gasteiger partial charge in [-0.05, 0) is 49.4 Å². The highest BCUT2D eigenvalue weighted by Gasteiger charge is 2.24. The predicted octanol–water partition coefficient (Wildman–Crippen LogP) is 2.02. The molecule has 0 unspecified atom stereocenters. The third-order valence-corrected chi connectivity index (χ3v) is 4.62. The summed E-state index contributed by atoms with van der Waals surface area (Å²) >= 11 is 6.03. The summed E-state index contributed by atoms with van der Waals surface area (Å²) in [5, 5.41) is 4.87. The second-order valence-corrected chi connectivity index (χ2v) is 6.42. The predicted molar refractivity (Wildman–Crippen MR) is 87.5 cm³/mol. The quantitative estimate of drug-likeness (QED) is 0.738. The number of hydrogen-bond donors (Lipinski definition) is 0. The number of halogens is 1. The molecule has 1 aliphatic rings. The average Bonchev–Trinajstić information content (AvgIpc) is 3.29. The van der Waals surface area contributed by atoms with Crippen molar-refractivity contribution >= 4 is 17.2 Å². The van der Waals surface area contributed by atoms with Crippen LogP contribution in [0.25, 0.3) is 11.3 Å². The van der Waals surface area contributed by atoms with Gasteiger partial charge in [-0.15, -0.1) is 5.10 Å². The number of nitrogens with zero attached hydrogens (tertiary/aromatic N) is 4. The lowest BCUT2D eigenvalue weighted by Crippen LogP contribution is -2.24. The maximum Gasteiger partial charge on any atom is 0.350 e. The van der Waals surface area contributed by atoms with Crippen molar-refractivity contribution in [1.82, 2.24) is 18.7 Å². The Morgan fingerprint density at radius 3 is 2.74 bits per heavy atom. The number of aromatic nitrogens is 4. The Bertz CT molecular complexity index is 1030. The maximum absolute atomic E-state index is 12.7. The molecule has 0 aliphatic heterocycles. The van der Waals surface area contributed by atoms with E-state index < -0.39 is 0 Å². The van der Waals surface area contributed by atoms with Gasteiger partial charge >= 0.3 is 11.2 Å². The van der Waals surface area contributed by atoms with Gasteiger partial charge in [-0.1, -0.05) is 11.6 Å². The van der Waals surface area contributed by atoms with Crippen LogP contribution in [0.1, 0.15) is 18.4 Å². The summed E-state index contributed by atoms with van der Waals surface area (Å²) in [6, 6.07) is 5.35. The van der Waals surface area contributed by atoms with Gasteiger partial charge in [0.15, 0.2) is 0 Å². The van der Waals surface area contributed by atoms with Crippen LogP contribution in [0.4, 0.5) is 0 Å². The van der Waals surface area contributed by atoms with Gasteiger partial charge in [0.25, 0.3) is 0 Å². The number of fused-ring (bicyclic) bond motifs is 1. The summed E-state index contributed by atoms with van der Waals surface area (Å²) in [6.45, 7) is 2.46. The van der Waals surface area contributed by atoms with E-state index >= 15 is 0 Å². The summed E-state index contributed by atoms with van der Waals surface area (Å²) < 4.78 is 4.18. The Morgan fingerprint density at radius 2 is 2.04 bits per heavy atom. The van der Waals surface area contributed by atoms with E-state index in [2.05, 4.69) is 5.10 Å². The van der Waals surface area contributed by atoms with Gasteiger partial charge in [0.2, 0.25) is 5.65 Å². The molecule has 0 bridgehead atoms. The van der Waals surface area contributed by atoms with Gasteiger partial charge in [-0.25, -0.2) is 13.9 Å². The lowest BCUT2D eigenvalue weighted by Gasteiger charge is -2.07. The Kier molecular flexibility index (Phi) is 3.16. The lowest BCUT2D eigenvalue weighted by atomic mass is 10.2. The second-order valence-electron chi connectivity index (χ2n) is 6.01. The van der Waals surface area contributed by atoms with Gasteiger partial charge < -0.3 is 0 Å². The Balaban J connectivity index is 1.88. The number of benzene rings is 1. The standard InChI is InChI=1S/C16H15ClN4O2/c1-10-8-12(4-5-13(10)17)19-6-7-20-14(15(19)22)18-21(16(20)23)9-11-2-3-11/h4-8,11H,2-3,9H2,1H3. The van der Waals surface area contributed by atoms with Crippen molar-refractivity contribution in [3.8, 4) is 5.69 Å². The molecule has 1 fully saturated rings. The van der Waals surface area contributed by atoms with E-state index in [1.807, 2.05) is 13.0 Å². The fourth-order valence-corrected chi connectivity index (χ4v) is 2.77. The topological polar surface area (TPSA) is 61.3 Å². The lowest BCUT2D eigenvalue weighted by molar-refractivity contribution is 0.545. The highest BCUT2D eigenvalue weighted by Crippen LogP contribution is 2.29. The summed E-state index contributed by atoms with van der Waals surface area (Å²) in [4.78, 5) is 25.0. The van der Waals surface area contributed by atoms with Crippen LogP contribution in [0.2, 0.25) is 5.02 Å². The normalized spacial score (nSPS) is 14.5. The van der Waals surface area contributed by atoms with E-state index in [9.17, 15) is 9.59 Å². The molecule has 1 aromatic carbocycles. The van der Waals surface area contributed by atoms with Crippen LogP contribution in [-0.4, -0.2) is 18.7 Å². The molecule has 0 saturated heterocycles. The molecule has 1 aliphatic carbocycles. The van der Waals surface area contributed by atoms with Crippen molar-refractivity contribution in [3.63, 3.8) is 0 Å². The first kappa shape index (κ1) is 14.3. The number of rotatable bonds is 3. The largest absolute Gasteiger partial charge is 0.350 e. The third kappa shape index (κ3) is 2.39. The monoisotopic (exact) mass is 330 g/mol. The zero-order valence-electron chi connectivity index (χ0n) is 12.6. The van der Waals surface area contributed by atoms with E-state index in [4.69, 9.17) is 11.6 Å². The number of aryl methyl sites for hydroxylation is 1. The second kappa shape index (κ2) is 5.09. The van der Waals surface area contributed by atoms with Gasteiger partial charge in [0.1, 0.15) is 0 Å². The Hall–Kier alpha value is -2.34. The van der Waals surface area contributed by atoms with Crippen LogP contribution in [0.15, 0.2) is 40.2 Å². The first-order valence-corrected chi connectivity index (χ1v) is 7.90. The van der Waals surface area contributed by atoms with E-state index in [1.54, 1.807) is 24.5 Å². The minimum absolute atomic E-state index is 0.144. The van der Waals surface area contributed by atoms with Crippen LogP contribution in [0.5, 0.6) is 0 Å². The molecule has 0 atom stereocenters. The van der Waals surface area contributed by atoms with Gasteiger partial charge in [0, 0.05) is 29.6 Å². The highest BCUT2D eigenvalue weighted by molar-refractivity contribution is 6.31. The van der Waals surface area contributed by atoms with E-state index in [1.165, 1.54) is 13.6 Å². The molecular formula is C16H15ClN4O2.